The topological polar surface area (TPSA) is 59.2 Å². The molecule has 2 aromatic heterocycles. The first-order valence-electron chi connectivity index (χ1n) is 3.41. The third kappa shape index (κ3) is 1.14. The minimum atomic E-state index is -0.186. The van der Waals surface area contributed by atoms with Crippen LogP contribution in [-0.2, 0) is 0 Å². The average molecular weight is 162 g/mol. The summed E-state index contributed by atoms with van der Waals surface area (Å²) in [5.74, 6) is 0.189. The number of nitrogens with zero attached hydrogens (tertiary/aromatic N) is 2. The van der Waals surface area contributed by atoms with E-state index in [-0.39, 0.29) is 5.95 Å². The number of pyridine rings is 1. The maximum Gasteiger partial charge on any atom is 0.302 e. The number of rotatable bonds is 1. The smallest absolute Gasteiger partial charge is 0.302 e. The molecule has 0 fully saturated rings. The van der Waals surface area contributed by atoms with Crippen molar-refractivity contribution >= 4 is 0 Å². The van der Waals surface area contributed by atoms with Crippen LogP contribution in [0.2, 0.25) is 0 Å². The van der Waals surface area contributed by atoms with E-state index in [1.165, 1.54) is 6.20 Å². The van der Waals surface area contributed by atoms with Gasteiger partial charge in [0.2, 0.25) is 5.89 Å². The molecule has 0 bridgehead atoms. The fourth-order valence-electron chi connectivity index (χ4n) is 0.888. The third-order valence-electron chi connectivity index (χ3n) is 1.40. The third-order valence-corrected chi connectivity index (χ3v) is 1.40. The number of hydrogen-bond acceptors (Lipinski definition) is 4. The summed E-state index contributed by atoms with van der Waals surface area (Å²) in [6.07, 6.45) is 4.53. The average Bonchev–Trinajstić information content (AvgIpc) is 2.54. The van der Waals surface area contributed by atoms with E-state index in [9.17, 15) is 0 Å². The van der Waals surface area contributed by atoms with Crippen molar-refractivity contribution in [2.24, 2.45) is 0 Å². The monoisotopic (exact) mass is 162 g/mol. The minimum absolute atomic E-state index is 0.186. The molecule has 2 aromatic rings. The van der Waals surface area contributed by atoms with E-state index in [1.807, 2.05) is 0 Å². The summed E-state index contributed by atoms with van der Waals surface area (Å²) in [4.78, 5) is 7.72. The fourth-order valence-corrected chi connectivity index (χ4v) is 0.888. The van der Waals surface area contributed by atoms with E-state index in [1.54, 1.807) is 24.5 Å². The molecule has 0 aliphatic heterocycles. The van der Waals surface area contributed by atoms with Crippen LogP contribution in [-0.4, -0.2) is 15.1 Å². The SMILES string of the molecule is Oc1cnc(-c2cccnc2)o1. The van der Waals surface area contributed by atoms with E-state index in [0.717, 1.165) is 5.56 Å². The Hall–Kier alpha value is -1.84. The van der Waals surface area contributed by atoms with Gasteiger partial charge in [-0.25, -0.2) is 4.98 Å². The summed E-state index contributed by atoms with van der Waals surface area (Å²) >= 11 is 0. The van der Waals surface area contributed by atoms with Gasteiger partial charge in [0.1, 0.15) is 6.20 Å². The first kappa shape index (κ1) is 6.84. The molecule has 2 rings (SSSR count). The van der Waals surface area contributed by atoms with Gasteiger partial charge in [-0.3, -0.25) is 4.98 Å². The highest BCUT2D eigenvalue weighted by atomic mass is 16.5. The molecule has 4 nitrogen and oxygen atoms in total. The van der Waals surface area contributed by atoms with E-state index in [0.29, 0.717) is 5.89 Å². The van der Waals surface area contributed by atoms with Crippen LogP contribution in [0.3, 0.4) is 0 Å². The lowest BCUT2D eigenvalue weighted by atomic mass is 10.3. The lowest BCUT2D eigenvalue weighted by molar-refractivity contribution is 0.337. The van der Waals surface area contributed by atoms with Crippen LogP contribution in [0.15, 0.2) is 35.1 Å². The Morgan fingerprint density at radius 3 is 2.83 bits per heavy atom. The van der Waals surface area contributed by atoms with E-state index >= 15 is 0 Å². The number of aromatic nitrogens is 2. The van der Waals surface area contributed by atoms with E-state index in [4.69, 9.17) is 9.52 Å². The summed E-state index contributed by atoms with van der Waals surface area (Å²) < 4.78 is 4.87. The van der Waals surface area contributed by atoms with Crippen molar-refractivity contribution in [3.05, 3.63) is 30.7 Å². The van der Waals surface area contributed by atoms with Crippen LogP contribution in [0, 0.1) is 0 Å². The van der Waals surface area contributed by atoms with Crippen LogP contribution >= 0.6 is 0 Å². The Morgan fingerprint density at radius 1 is 1.33 bits per heavy atom. The molecule has 0 amide bonds. The summed E-state index contributed by atoms with van der Waals surface area (Å²) in [5.41, 5.74) is 0.748. The lowest BCUT2D eigenvalue weighted by Crippen LogP contribution is -1.76. The first-order valence-corrected chi connectivity index (χ1v) is 3.41. The highest BCUT2D eigenvalue weighted by Gasteiger charge is 2.03. The Kier molecular flexibility index (Phi) is 1.51. The summed E-state index contributed by atoms with van der Waals surface area (Å²) in [6.45, 7) is 0. The van der Waals surface area contributed by atoms with Crippen molar-refractivity contribution in [3.8, 4) is 17.4 Å². The van der Waals surface area contributed by atoms with Crippen LogP contribution in [0.25, 0.3) is 11.5 Å². The molecule has 2 heterocycles. The lowest BCUT2D eigenvalue weighted by Gasteiger charge is -1.90. The van der Waals surface area contributed by atoms with Crippen molar-refractivity contribution in [2.75, 3.05) is 0 Å². The Balaban J connectivity index is 2.45. The quantitative estimate of drug-likeness (QED) is 0.689. The maximum absolute atomic E-state index is 8.86. The molecule has 0 saturated carbocycles. The van der Waals surface area contributed by atoms with Crippen molar-refractivity contribution in [1.29, 1.82) is 0 Å². The van der Waals surface area contributed by atoms with Gasteiger partial charge in [-0.15, -0.1) is 0 Å². The molecule has 1 N–H and O–H groups in total. The predicted molar refractivity (Wildman–Crippen MR) is 41.4 cm³/mol. The first-order chi connectivity index (χ1) is 5.86. The molecule has 0 spiro atoms. The van der Waals surface area contributed by atoms with Crippen molar-refractivity contribution in [2.45, 2.75) is 0 Å². The van der Waals surface area contributed by atoms with E-state index in [2.05, 4.69) is 9.97 Å². The highest BCUT2D eigenvalue weighted by molar-refractivity contribution is 5.50. The second-order valence-corrected chi connectivity index (χ2v) is 2.25. The zero-order chi connectivity index (χ0) is 8.39. The van der Waals surface area contributed by atoms with Gasteiger partial charge in [-0.1, -0.05) is 0 Å². The zero-order valence-electron chi connectivity index (χ0n) is 6.14. The summed E-state index contributed by atoms with van der Waals surface area (Å²) in [6, 6.07) is 3.58. The molecular weight excluding hydrogens is 156 g/mol. The number of oxazole rings is 1. The van der Waals surface area contributed by atoms with Gasteiger partial charge < -0.3 is 9.52 Å². The van der Waals surface area contributed by atoms with Gasteiger partial charge in [0, 0.05) is 12.4 Å². The predicted octanol–water partition coefficient (Wildman–Crippen LogP) is 1.44. The van der Waals surface area contributed by atoms with Crippen LogP contribution in [0.4, 0.5) is 0 Å². The molecule has 0 aliphatic carbocycles. The summed E-state index contributed by atoms with van der Waals surface area (Å²) in [5, 5.41) is 8.86. The maximum atomic E-state index is 8.86. The zero-order valence-corrected chi connectivity index (χ0v) is 6.14. The fraction of sp³-hybridized carbons (Fsp3) is 0. The molecule has 12 heavy (non-hydrogen) atoms. The number of aromatic hydroxyl groups is 1. The van der Waals surface area contributed by atoms with Gasteiger partial charge in [0.05, 0.1) is 5.56 Å². The highest BCUT2D eigenvalue weighted by Crippen LogP contribution is 2.20. The molecule has 0 aromatic carbocycles. The molecule has 0 unspecified atom stereocenters. The molecular formula is C8H6N2O2. The van der Waals surface area contributed by atoms with Gasteiger partial charge >= 0.3 is 5.95 Å². The van der Waals surface area contributed by atoms with Crippen LogP contribution < -0.4 is 0 Å². The Morgan fingerprint density at radius 2 is 2.25 bits per heavy atom. The molecule has 4 heteroatoms. The van der Waals surface area contributed by atoms with Gasteiger partial charge in [0.15, 0.2) is 0 Å². The van der Waals surface area contributed by atoms with E-state index < -0.39 is 0 Å². The van der Waals surface area contributed by atoms with Crippen molar-refractivity contribution in [1.82, 2.24) is 9.97 Å². The molecule has 0 saturated heterocycles. The summed E-state index contributed by atoms with van der Waals surface area (Å²) in [7, 11) is 0. The Labute approximate surface area is 68.5 Å². The Bertz CT molecular complexity index is 370. The van der Waals surface area contributed by atoms with Crippen LogP contribution in [0.1, 0.15) is 0 Å². The van der Waals surface area contributed by atoms with Crippen molar-refractivity contribution < 1.29 is 9.52 Å². The second-order valence-electron chi connectivity index (χ2n) is 2.25. The normalized spacial score (nSPS) is 10.0. The van der Waals surface area contributed by atoms with Gasteiger partial charge in [-0.2, -0.15) is 0 Å². The molecule has 0 atom stereocenters. The van der Waals surface area contributed by atoms with Gasteiger partial charge in [-0.05, 0) is 12.1 Å². The molecule has 60 valence electrons. The molecule has 0 radical (unpaired) electrons. The standard InChI is InChI=1S/C8H6N2O2/c11-7-5-10-8(12-7)6-2-1-3-9-4-6/h1-5,11H. The van der Waals surface area contributed by atoms with Gasteiger partial charge in [0.25, 0.3) is 0 Å². The van der Waals surface area contributed by atoms with Crippen molar-refractivity contribution in [3.63, 3.8) is 0 Å². The largest absolute Gasteiger partial charge is 0.480 e. The second kappa shape index (κ2) is 2.65. The van der Waals surface area contributed by atoms with Crippen LogP contribution in [0.5, 0.6) is 5.95 Å². The minimum Gasteiger partial charge on any atom is -0.480 e. The molecule has 0 aliphatic rings. The number of hydrogen-bond donors (Lipinski definition) is 1.